The molecule has 9 heteroatoms. The molecule has 0 atom stereocenters. The van der Waals surface area contributed by atoms with Crippen LogP contribution in [0.3, 0.4) is 0 Å². The van der Waals surface area contributed by atoms with E-state index in [2.05, 4.69) is 6.07 Å². The van der Waals surface area contributed by atoms with Crippen LogP contribution in [0.25, 0.3) is 0 Å². The number of hydrogen-bond acceptors (Lipinski definition) is 4. The number of piperazine rings is 1. The minimum atomic E-state index is -4.38. The van der Waals surface area contributed by atoms with E-state index in [0.29, 0.717) is 45.0 Å². The highest BCUT2D eigenvalue weighted by Crippen LogP contribution is 2.32. The molecule has 166 valence electrons. The van der Waals surface area contributed by atoms with E-state index in [0.717, 1.165) is 18.6 Å². The molecule has 1 aromatic heterocycles. The Labute approximate surface area is 183 Å². The molecule has 0 unspecified atom stereocenters. The summed E-state index contributed by atoms with van der Waals surface area (Å²) in [5.41, 5.74) is 1.03. The third-order valence-corrected chi connectivity index (χ3v) is 6.91. The van der Waals surface area contributed by atoms with Crippen molar-refractivity contribution in [3.05, 3.63) is 51.7 Å². The second-order valence-electron chi connectivity index (χ2n) is 7.85. The maximum Gasteiger partial charge on any atom is 0.416 e. The van der Waals surface area contributed by atoms with Crippen LogP contribution in [0.15, 0.2) is 35.7 Å². The number of amides is 2. The highest BCUT2D eigenvalue weighted by Gasteiger charge is 2.31. The third-order valence-electron chi connectivity index (χ3n) is 5.88. The van der Waals surface area contributed by atoms with Gasteiger partial charge in [0.2, 0.25) is 11.8 Å². The Morgan fingerprint density at radius 1 is 0.935 bits per heavy atom. The summed E-state index contributed by atoms with van der Waals surface area (Å²) in [6.45, 7) is 3.11. The zero-order chi connectivity index (χ0) is 22.0. The number of anilines is 1. The van der Waals surface area contributed by atoms with E-state index in [1.807, 2.05) is 15.2 Å². The van der Waals surface area contributed by atoms with Crippen molar-refractivity contribution >= 4 is 28.8 Å². The van der Waals surface area contributed by atoms with Crippen LogP contribution >= 0.6 is 11.3 Å². The summed E-state index contributed by atoms with van der Waals surface area (Å²) in [5, 5.41) is 2.04. The van der Waals surface area contributed by atoms with Gasteiger partial charge in [-0.25, -0.2) is 0 Å². The SMILES string of the molecule is O=C(CCC(=O)N1CCc2sccc2C1)N1CCN(c2cccc(C(F)(F)F)c2)CC1. The van der Waals surface area contributed by atoms with E-state index in [-0.39, 0.29) is 24.7 Å². The number of carbonyl (C=O) groups excluding carboxylic acids is 2. The number of halogens is 3. The highest BCUT2D eigenvalue weighted by molar-refractivity contribution is 7.10. The highest BCUT2D eigenvalue weighted by atomic mass is 32.1. The van der Waals surface area contributed by atoms with Crippen molar-refractivity contribution in [2.24, 2.45) is 0 Å². The second-order valence-corrected chi connectivity index (χ2v) is 8.85. The Balaban J connectivity index is 1.25. The number of rotatable bonds is 4. The van der Waals surface area contributed by atoms with Crippen LogP contribution in [0.4, 0.5) is 18.9 Å². The topological polar surface area (TPSA) is 43.9 Å². The molecule has 2 amide bonds. The van der Waals surface area contributed by atoms with Gasteiger partial charge in [-0.15, -0.1) is 11.3 Å². The quantitative estimate of drug-likeness (QED) is 0.711. The Morgan fingerprint density at radius 2 is 1.65 bits per heavy atom. The number of fused-ring (bicyclic) bond motifs is 1. The van der Waals surface area contributed by atoms with Crippen LogP contribution in [-0.4, -0.2) is 54.3 Å². The average molecular weight is 452 g/mol. The molecule has 1 aromatic carbocycles. The molecular formula is C22H24F3N3O2S. The van der Waals surface area contributed by atoms with Crippen LogP contribution in [0.2, 0.25) is 0 Å². The molecule has 4 rings (SSSR count). The van der Waals surface area contributed by atoms with Gasteiger partial charge in [-0.2, -0.15) is 13.2 Å². The van der Waals surface area contributed by atoms with Gasteiger partial charge in [0, 0.05) is 62.7 Å². The minimum absolute atomic E-state index is 0.00667. The van der Waals surface area contributed by atoms with Crippen LogP contribution in [0.1, 0.15) is 28.8 Å². The number of hydrogen-bond donors (Lipinski definition) is 0. The first kappa shape index (κ1) is 21.7. The van der Waals surface area contributed by atoms with Gasteiger partial charge in [0.25, 0.3) is 0 Å². The van der Waals surface area contributed by atoms with Gasteiger partial charge in [-0.3, -0.25) is 9.59 Å². The molecule has 0 N–H and O–H groups in total. The molecule has 2 aliphatic heterocycles. The zero-order valence-corrected chi connectivity index (χ0v) is 17.8. The van der Waals surface area contributed by atoms with Crippen molar-refractivity contribution in [3.63, 3.8) is 0 Å². The standard InChI is InChI=1S/C22H24F3N3O2S/c23-22(24,25)17-2-1-3-18(14-17)26-9-11-27(12-10-26)20(29)4-5-21(30)28-8-6-19-16(15-28)7-13-31-19/h1-3,7,13-14H,4-6,8-12,15H2. The van der Waals surface area contributed by atoms with Crippen LogP contribution in [0.5, 0.6) is 0 Å². The van der Waals surface area contributed by atoms with Gasteiger partial charge in [-0.1, -0.05) is 6.07 Å². The Kier molecular flexibility index (Phi) is 6.22. The van der Waals surface area contributed by atoms with Gasteiger partial charge < -0.3 is 14.7 Å². The lowest BCUT2D eigenvalue weighted by Crippen LogP contribution is -2.49. The first-order valence-corrected chi connectivity index (χ1v) is 11.2. The fourth-order valence-electron chi connectivity index (χ4n) is 4.08. The summed E-state index contributed by atoms with van der Waals surface area (Å²) < 4.78 is 38.8. The molecule has 0 bridgehead atoms. The molecule has 31 heavy (non-hydrogen) atoms. The molecular weight excluding hydrogens is 427 g/mol. The number of carbonyl (C=O) groups is 2. The monoisotopic (exact) mass is 451 g/mol. The molecule has 2 aliphatic rings. The Bertz CT molecular complexity index is 951. The largest absolute Gasteiger partial charge is 0.416 e. The fourth-order valence-corrected chi connectivity index (χ4v) is 4.97. The van der Waals surface area contributed by atoms with Crippen LogP contribution < -0.4 is 4.90 Å². The van der Waals surface area contributed by atoms with Crippen molar-refractivity contribution in [1.82, 2.24) is 9.80 Å². The van der Waals surface area contributed by atoms with E-state index in [1.54, 1.807) is 22.3 Å². The molecule has 2 aromatic rings. The van der Waals surface area contributed by atoms with Crippen LogP contribution in [0, 0.1) is 0 Å². The lowest BCUT2D eigenvalue weighted by Gasteiger charge is -2.36. The van der Waals surface area contributed by atoms with E-state index in [4.69, 9.17) is 0 Å². The maximum absolute atomic E-state index is 12.9. The number of nitrogens with zero attached hydrogens (tertiary/aromatic N) is 3. The van der Waals surface area contributed by atoms with E-state index in [1.165, 1.54) is 16.5 Å². The van der Waals surface area contributed by atoms with Gasteiger partial charge in [0.05, 0.1) is 5.56 Å². The molecule has 1 saturated heterocycles. The number of thiophene rings is 1. The van der Waals surface area contributed by atoms with E-state index < -0.39 is 11.7 Å². The van der Waals surface area contributed by atoms with Gasteiger partial charge in [0.15, 0.2) is 0 Å². The van der Waals surface area contributed by atoms with E-state index >= 15 is 0 Å². The van der Waals surface area contributed by atoms with Crippen molar-refractivity contribution < 1.29 is 22.8 Å². The van der Waals surface area contributed by atoms with Crippen molar-refractivity contribution in [2.45, 2.75) is 32.0 Å². The third kappa shape index (κ3) is 5.03. The summed E-state index contributed by atoms with van der Waals surface area (Å²) in [4.78, 5) is 31.8. The molecule has 0 spiro atoms. The smallest absolute Gasteiger partial charge is 0.368 e. The molecule has 0 saturated carbocycles. The first-order chi connectivity index (χ1) is 14.8. The second kappa shape index (κ2) is 8.90. The van der Waals surface area contributed by atoms with Crippen molar-refractivity contribution in [2.75, 3.05) is 37.6 Å². The van der Waals surface area contributed by atoms with Gasteiger partial charge in [-0.05, 0) is 41.6 Å². The first-order valence-electron chi connectivity index (χ1n) is 10.3. The maximum atomic E-state index is 12.9. The predicted octanol–water partition coefficient (Wildman–Crippen LogP) is 3.78. The van der Waals surface area contributed by atoms with Crippen molar-refractivity contribution in [1.29, 1.82) is 0 Å². The minimum Gasteiger partial charge on any atom is -0.368 e. The number of benzene rings is 1. The summed E-state index contributed by atoms with van der Waals surface area (Å²) >= 11 is 1.72. The predicted molar refractivity (Wildman–Crippen MR) is 113 cm³/mol. The summed E-state index contributed by atoms with van der Waals surface area (Å²) in [5.74, 6) is -0.0851. The van der Waals surface area contributed by atoms with Gasteiger partial charge in [0.1, 0.15) is 0 Å². The van der Waals surface area contributed by atoms with Crippen molar-refractivity contribution in [3.8, 4) is 0 Å². The molecule has 5 nitrogen and oxygen atoms in total. The fraction of sp³-hybridized carbons (Fsp3) is 0.455. The Morgan fingerprint density at radius 3 is 2.35 bits per heavy atom. The lowest BCUT2D eigenvalue weighted by atomic mass is 10.1. The zero-order valence-electron chi connectivity index (χ0n) is 17.0. The lowest BCUT2D eigenvalue weighted by molar-refractivity contribution is -0.137. The summed E-state index contributed by atoms with van der Waals surface area (Å²) in [6.07, 6.45) is -3.16. The molecule has 1 fully saturated rings. The van der Waals surface area contributed by atoms with Gasteiger partial charge >= 0.3 is 6.18 Å². The van der Waals surface area contributed by atoms with E-state index in [9.17, 15) is 22.8 Å². The number of alkyl halides is 3. The molecule has 3 heterocycles. The Hall–Kier alpha value is -2.55. The summed E-state index contributed by atoms with van der Waals surface area (Å²) in [7, 11) is 0. The summed E-state index contributed by atoms with van der Waals surface area (Å²) in [6, 6.07) is 7.31. The molecule has 0 aliphatic carbocycles. The molecule has 0 radical (unpaired) electrons. The van der Waals surface area contributed by atoms with Crippen LogP contribution in [-0.2, 0) is 28.7 Å². The average Bonchev–Trinajstić information content (AvgIpc) is 3.25. The normalized spacial score (nSPS) is 16.9.